The van der Waals surface area contributed by atoms with E-state index in [1.165, 1.54) is 69.9 Å². The lowest BCUT2D eigenvalue weighted by molar-refractivity contribution is -0.165. The summed E-state index contributed by atoms with van der Waals surface area (Å²) < 4.78 is 33.7. The van der Waals surface area contributed by atoms with Gasteiger partial charge in [-0.3, -0.25) is 38.4 Å². The maximum atomic E-state index is 14.9. The highest BCUT2D eigenvalue weighted by Gasteiger charge is 2.44. The van der Waals surface area contributed by atoms with E-state index in [4.69, 9.17) is 28.4 Å². The molecule has 0 radical (unpaired) electrons. The van der Waals surface area contributed by atoms with Crippen LogP contribution in [0.4, 0.5) is 0 Å². The van der Waals surface area contributed by atoms with Gasteiger partial charge < -0.3 is 58.2 Å². The number of ketones is 1. The number of carbonyl (C=O) groups is 10. The number of nitrogens with one attached hydrogen (secondary N) is 1. The Morgan fingerprint density at radius 2 is 1.45 bits per heavy atom. The third-order valence-corrected chi connectivity index (χ3v) is 15.5. The van der Waals surface area contributed by atoms with Gasteiger partial charge in [-0.15, -0.1) is 0 Å². The van der Waals surface area contributed by atoms with Crippen molar-refractivity contribution < 1.29 is 76.4 Å². The Hall–Kier alpha value is -8.56. The maximum absolute atomic E-state index is 14.9. The average molecular weight is 1160 g/mol. The number of nitrogens with zero attached hydrogens (tertiary/aromatic N) is 5. The largest absolute Gasteiger partial charge is 0.493 e. The third kappa shape index (κ3) is 16.6. The number of amides is 6. The summed E-state index contributed by atoms with van der Waals surface area (Å²) in [5.74, 6) is -5.98. The Morgan fingerprint density at radius 1 is 0.750 bits per heavy atom. The normalized spacial score (nSPS) is 23.3. The molecule has 0 saturated carbocycles. The van der Waals surface area contributed by atoms with Crippen molar-refractivity contribution in [2.75, 3.05) is 68.2 Å². The van der Waals surface area contributed by atoms with Gasteiger partial charge in [0, 0.05) is 53.3 Å². The van der Waals surface area contributed by atoms with Crippen LogP contribution >= 0.6 is 0 Å². The number of carbonyl (C=O) groups excluding carboxylic acids is 10. The van der Waals surface area contributed by atoms with Gasteiger partial charge in [-0.25, -0.2) is 9.59 Å². The first-order valence-electron chi connectivity index (χ1n) is 28.2. The number of likely N-dealkylation sites (N-methyl/N-ethyl adjacent to an activating group) is 3. The number of methoxy groups -OCH3 is 2. The Kier molecular flexibility index (Phi) is 23.2. The van der Waals surface area contributed by atoms with E-state index >= 15 is 0 Å². The summed E-state index contributed by atoms with van der Waals surface area (Å²) in [6.07, 6.45) is 4.92. The van der Waals surface area contributed by atoms with Crippen LogP contribution in [0.15, 0.2) is 97.8 Å². The van der Waals surface area contributed by atoms with Crippen LogP contribution in [0.25, 0.3) is 0 Å². The lowest BCUT2D eigenvalue weighted by Crippen LogP contribution is -2.56. The van der Waals surface area contributed by atoms with Crippen molar-refractivity contribution in [3.05, 3.63) is 114 Å². The molecular weight excluding hydrogens is 1080 g/mol. The van der Waals surface area contributed by atoms with Crippen LogP contribution in [0.1, 0.15) is 107 Å². The van der Waals surface area contributed by atoms with Gasteiger partial charge in [0.15, 0.2) is 18.1 Å². The molecule has 0 spiro atoms. The molecule has 6 rings (SSSR count). The van der Waals surface area contributed by atoms with E-state index in [0.717, 1.165) is 27.7 Å². The van der Waals surface area contributed by atoms with Gasteiger partial charge in [0.1, 0.15) is 48.7 Å². The van der Waals surface area contributed by atoms with E-state index in [1.807, 2.05) is 6.07 Å². The molecule has 3 heterocycles. The SMILES string of the molecule is C=COC(=O)CC[C@H]1C(=O)N2CCC[C@H]2C(=O)N(C)CCC=CC(=O)OCC(C)(C)C(=O)C(=O)N2CCCC[C@H]2C(=O)O[C@H](CCc2ccc(OC)c(OC)c2)c2cccc(c2)OCC(=O)N(C)[C@@H](C)C(=O)NC(c2ccccc2)C(=O)N1C. The van der Waals surface area contributed by atoms with Crippen LogP contribution in [-0.2, 0) is 68.6 Å². The van der Waals surface area contributed by atoms with Gasteiger partial charge in [-0.1, -0.05) is 61.2 Å². The average Bonchev–Trinajstić information content (AvgIpc) is 3.71. The van der Waals surface area contributed by atoms with Crippen molar-refractivity contribution in [2.45, 2.75) is 121 Å². The van der Waals surface area contributed by atoms with Gasteiger partial charge in [0.05, 0.1) is 25.9 Å². The minimum atomic E-state index is -1.51. The van der Waals surface area contributed by atoms with E-state index in [9.17, 15) is 47.9 Å². The smallest absolute Gasteiger partial charge is 0.330 e. The number of cyclic esters (lactones) is 2. The standard InChI is InChI=1S/C62H78N6O16/c1-10-81-53(71)32-29-45-58(75)67-35-19-25-46(67)57(74)64(5)33-16-15-26-52(70)83-39-62(3,4)55(72)60(77)68-34-17-14-24-47(68)61(78)84-48(30-27-41-28-31-49(79-8)50(36-41)80-9)43-22-18-23-44(37-43)82-38-51(69)65(6)40(2)56(73)63-54(59(76)66(45)7)42-20-12-11-13-21-42/h10-13,15,18,20-23,26,28,31,36-37,40,45-48,54H,1,14,16-17,19,24-25,27,29-30,32-35,38-39H2,2-9H3,(H,63,73)/t40-,45-,46-,47-,48+,54?/m0/s1. The summed E-state index contributed by atoms with van der Waals surface area (Å²) >= 11 is 0. The van der Waals surface area contributed by atoms with E-state index < -0.39 is 114 Å². The summed E-state index contributed by atoms with van der Waals surface area (Å²) in [6.45, 7) is 7.18. The van der Waals surface area contributed by atoms with Crippen LogP contribution in [-0.4, -0.2) is 176 Å². The first-order chi connectivity index (χ1) is 40.1. The van der Waals surface area contributed by atoms with Gasteiger partial charge in [-0.05, 0) is 120 Å². The Morgan fingerprint density at radius 3 is 2.17 bits per heavy atom. The number of piperidine rings is 1. The van der Waals surface area contributed by atoms with Crippen molar-refractivity contribution in [3.63, 3.8) is 0 Å². The summed E-state index contributed by atoms with van der Waals surface area (Å²) in [5.41, 5.74) is 0.145. The fourth-order valence-electron chi connectivity index (χ4n) is 10.2. The number of hydrogen-bond acceptors (Lipinski definition) is 16. The van der Waals surface area contributed by atoms with Crippen LogP contribution in [0.2, 0.25) is 0 Å². The van der Waals surface area contributed by atoms with Crippen molar-refractivity contribution in [1.82, 2.24) is 29.8 Å². The molecule has 84 heavy (non-hydrogen) atoms. The van der Waals surface area contributed by atoms with Gasteiger partial charge in [0.25, 0.3) is 11.8 Å². The van der Waals surface area contributed by atoms with Gasteiger partial charge in [-0.2, -0.15) is 0 Å². The fraction of sp³-hybridized carbons (Fsp3) is 0.484. The molecule has 2 fully saturated rings. The van der Waals surface area contributed by atoms with Crippen molar-refractivity contribution >= 4 is 59.1 Å². The van der Waals surface area contributed by atoms with Crippen molar-refractivity contribution in [1.29, 1.82) is 0 Å². The van der Waals surface area contributed by atoms with Gasteiger partial charge >= 0.3 is 17.9 Å². The topological polar surface area (TPSA) is 254 Å². The highest BCUT2D eigenvalue weighted by Crippen LogP contribution is 2.33. The third-order valence-electron chi connectivity index (χ3n) is 15.5. The highest BCUT2D eigenvalue weighted by atomic mass is 16.5. The molecule has 1 unspecified atom stereocenters. The lowest BCUT2D eigenvalue weighted by atomic mass is 9.87. The predicted molar refractivity (Wildman–Crippen MR) is 306 cm³/mol. The minimum Gasteiger partial charge on any atom is -0.493 e. The molecule has 6 amide bonds. The predicted octanol–water partition coefficient (Wildman–Crippen LogP) is 5.23. The van der Waals surface area contributed by atoms with Crippen molar-refractivity contribution in [3.8, 4) is 17.2 Å². The van der Waals surface area contributed by atoms with Crippen LogP contribution in [0.5, 0.6) is 17.2 Å². The zero-order valence-electron chi connectivity index (χ0n) is 49.2. The molecule has 22 heteroatoms. The molecule has 2 bridgehead atoms. The molecule has 22 nitrogen and oxygen atoms in total. The van der Waals surface area contributed by atoms with E-state index in [0.29, 0.717) is 54.7 Å². The monoisotopic (exact) mass is 1160 g/mol. The van der Waals surface area contributed by atoms with Crippen molar-refractivity contribution in [2.24, 2.45) is 5.41 Å². The second-order valence-electron chi connectivity index (χ2n) is 21.7. The fourth-order valence-corrected chi connectivity index (χ4v) is 10.2. The Bertz CT molecular complexity index is 2930. The molecule has 6 atom stereocenters. The number of fused-ring (bicyclic) bond motifs is 4. The summed E-state index contributed by atoms with van der Waals surface area (Å²) in [6, 6.07) is 14.3. The number of esters is 3. The van der Waals surface area contributed by atoms with E-state index in [-0.39, 0.29) is 57.5 Å². The molecule has 3 aromatic rings. The second kappa shape index (κ2) is 30.1. The minimum absolute atomic E-state index is 0.0926. The first kappa shape index (κ1) is 64.6. The number of rotatable bonds is 10. The Labute approximate surface area is 490 Å². The molecule has 0 aromatic heterocycles. The Balaban J connectivity index is 1.32. The van der Waals surface area contributed by atoms with Crippen LogP contribution in [0.3, 0.4) is 0 Å². The molecule has 452 valence electrons. The molecule has 2 saturated heterocycles. The molecular formula is C62H78N6O16. The number of Topliss-reactive ketones (excluding diaryl/α,β-unsaturated/α-hetero) is 1. The summed E-state index contributed by atoms with van der Waals surface area (Å²) in [5, 5.41) is 2.78. The van der Waals surface area contributed by atoms with Crippen LogP contribution in [0, 0.1) is 5.41 Å². The molecule has 3 aliphatic heterocycles. The second-order valence-corrected chi connectivity index (χ2v) is 21.7. The zero-order chi connectivity index (χ0) is 61.3. The first-order valence-corrected chi connectivity index (χ1v) is 28.2. The quantitative estimate of drug-likeness (QED) is 0.118. The summed E-state index contributed by atoms with van der Waals surface area (Å²) in [7, 11) is 7.36. The summed E-state index contributed by atoms with van der Waals surface area (Å²) in [4.78, 5) is 146. The highest BCUT2D eigenvalue weighted by molar-refractivity contribution is 6.38. The maximum Gasteiger partial charge on any atom is 0.330 e. The zero-order valence-corrected chi connectivity index (χ0v) is 49.2. The number of benzene rings is 3. The number of hydrogen-bond donors (Lipinski definition) is 1. The molecule has 3 aliphatic rings. The number of ether oxygens (including phenoxy) is 6. The molecule has 1 N–H and O–H groups in total. The van der Waals surface area contributed by atoms with E-state index in [2.05, 4.69) is 11.9 Å². The van der Waals surface area contributed by atoms with Crippen LogP contribution < -0.4 is 19.5 Å². The molecule has 0 aliphatic carbocycles. The van der Waals surface area contributed by atoms with Gasteiger partial charge in [0.2, 0.25) is 29.4 Å². The lowest BCUT2D eigenvalue weighted by Gasteiger charge is -2.36. The van der Waals surface area contributed by atoms with E-state index in [1.54, 1.807) is 73.8 Å². The molecule has 3 aromatic carbocycles. The number of aryl methyl sites for hydroxylation is 1.